The number of hydrogen-bond donors (Lipinski definition) is 2. The second-order valence-corrected chi connectivity index (χ2v) is 8.11. The van der Waals surface area contributed by atoms with Gasteiger partial charge in [0.15, 0.2) is 11.4 Å². The van der Waals surface area contributed by atoms with Crippen LogP contribution in [0.5, 0.6) is 5.75 Å². The number of amides is 2. The third-order valence-electron chi connectivity index (χ3n) is 5.35. The molecule has 3 N–H and O–H groups in total. The summed E-state index contributed by atoms with van der Waals surface area (Å²) in [4.78, 5) is 30.0. The smallest absolute Gasteiger partial charge is 0.282 e. The lowest BCUT2D eigenvalue weighted by Gasteiger charge is -2.40. The Morgan fingerprint density at radius 1 is 1.29 bits per heavy atom. The quantitative estimate of drug-likeness (QED) is 0.665. The lowest BCUT2D eigenvalue weighted by molar-refractivity contribution is -0.120. The molecule has 2 saturated carbocycles. The highest BCUT2D eigenvalue weighted by atomic mass is 19.3. The predicted molar refractivity (Wildman–Crippen MR) is 97.4 cm³/mol. The van der Waals surface area contributed by atoms with E-state index in [9.17, 15) is 18.4 Å². The zero-order valence-corrected chi connectivity index (χ0v) is 15.5. The van der Waals surface area contributed by atoms with Crippen molar-refractivity contribution in [3.8, 4) is 5.75 Å². The van der Waals surface area contributed by atoms with Crippen molar-refractivity contribution < 1.29 is 23.1 Å². The molecular formula is C19H24F2N4O3. The summed E-state index contributed by atoms with van der Waals surface area (Å²) in [5.41, 5.74) is 5.94. The zero-order chi connectivity index (χ0) is 19.9. The van der Waals surface area contributed by atoms with Crippen molar-refractivity contribution in [3.05, 3.63) is 18.0 Å². The number of halogens is 2. The van der Waals surface area contributed by atoms with Crippen molar-refractivity contribution in [2.45, 2.75) is 44.1 Å². The van der Waals surface area contributed by atoms with E-state index in [0.29, 0.717) is 30.6 Å². The lowest BCUT2D eigenvalue weighted by Crippen LogP contribution is -2.56. The zero-order valence-electron chi connectivity index (χ0n) is 15.5. The average Bonchev–Trinajstić information content (AvgIpc) is 3.51. The number of ether oxygens (including phenoxy) is 1. The van der Waals surface area contributed by atoms with Gasteiger partial charge in [-0.2, -0.15) is 0 Å². The largest absolute Gasteiger partial charge is 0.491 e. The molecule has 152 valence electrons. The van der Waals surface area contributed by atoms with Crippen LogP contribution in [0.1, 0.15) is 42.6 Å². The molecule has 0 spiro atoms. The number of anilines is 1. The minimum Gasteiger partial charge on any atom is -0.491 e. The van der Waals surface area contributed by atoms with Gasteiger partial charge in [-0.25, -0.2) is 13.8 Å². The van der Waals surface area contributed by atoms with Crippen LogP contribution in [0.25, 0.3) is 0 Å². The maximum Gasteiger partial charge on any atom is 0.282 e. The fourth-order valence-electron chi connectivity index (χ4n) is 3.23. The van der Waals surface area contributed by atoms with Crippen molar-refractivity contribution in [3.63, 3.8) is 0 Å². The van der Waals surface area contributed by atoms with Crippen LogP contribution < -0.4 is 20.7 Å². The molecule has 2 heterocycles. The molecule has 1 aromatic rings. The number of hydrogen-bond acceptors (Lipinski definition) is 5. The van der Waals surface area contributed by atoms with E-state index in [1.54, 1.807) is 6.07 Å². The summed E-state index contributed by atoms with van der Waals surface area (Å²) >= 11 is 0. The van der Waals surface area contributed by atoms with E-state index in [2.05, 4.69) is 10.3 Å². The second-order valence-electron chi connectivity index (χ2n) is 8.11. The maximum atomic E-state index is 13.2. The summed E-state index contributed by atoms with van der Waals surface area (Å²) in [5.74, 6) is -2.74. The Morgan fingerprint density at radius 3 is 2.54 bits per heavy atom. The van der Waals surface area contributed by atoms with Crippen LogP contribution in [-0.2, 0) is 4.79 Å². The molecule has 2 aliphatic carbocycles. The minimum absolute atomic E-state index is 0.0405. The Hall–Kier alpha value is -2.45. The molecule has 9 heteroatoms. The summed E-state index contributed by atoms with van der Waals surface area (Å²) < 4.78 is 32.1. The molecule has 0 unspecified atom stereocenters. The van der Waals surface area contributed by atoms with Gasteiger partial charge in [-0.15, -0.1) is 0 Å². The molecule has 0 aromatic carbocycles. The van der Waals surface area contributed by atoms with Crippen molar-refractivity contribution in [2.75, 3.05) is 24.6 Å². The predicted octanol–water partition coefficient (Wildman–Crippen LogP) is 1.71. The van der Waals surface area contributed by atoms with Gasteiger partial charge in [0.2, 0.25) is 5.91 Å². The number of primary amides is 1. The van der Waals surface area contributed by atoms with Crippen LogP contribution >= 0.6 is 0 Å². The van der Waals surface area contributed by atoms with Gasteiger partial charge in [-0.05, 0) is 31.1 Å². The Morgan fingerprint density at radius 2 is 1.96 bits per heavy atom. The third kappa shape index (κ3) is 4.51. The standard InChI is InChI=1S/C19H24F2N4O3/c20-19(21)9-25(10-19)13-6-15(28-8-12-3-4-12)16(23-7-13)18(27)24-14(17(22)26)5-11-1-2-11/h6-7,11-12,14H,1-5,8-10H2,(H2,22,26)(H,24,27)/t14-/m0/s1. The Kier molecular flexibility index (Phi) is 4.84. The summed E-state index contributed by atoms with van der Waals surface area (Å²) in [6.07, 6.45) is 6.09. The molecule has 3 aliphatic rings. The normalized spacial score (nSPS) is 21.6. The number of carbonyl (C=O) groups is 2. The van der Waals surface area contributed by atoms with Gasteiger partial charge in [0.05, 0.1) is 31.6 Å². The van der Waals surface area contributed by atoms with Crippen LogP contribution in [0.4, 0.5) is 14.5 Å². The number of alkyl halides is 2. The molecule has 7 nitrogen and oxygen atoms in total. The molecule has 0 radical (unpaired) electrons. The molecule has 4 rings (SSSR count). The molecule has 1 aliphatic heterocycles. The van der Waals surface area contributed by atoms with E-state index in [1.807, 2.05) is 0 Å². The van der Waals surface area contributed by atoms with Crippen LogP contribution in [-0.4, -0.2) is 48.5 Å². The molecule has 1 atom stereocenters. The highest BCUT2D eigenvalue weighted by Crippen LogP contribution is 2.36. The third-order valence-corrected chi connectivity index (χ3v) is 5.35. The highest BCUT2D eigenvalue weighted by Gasteiger charge is 2.44. The fourth-order valence-corrected chi connectivity index (χ4v) is 3.23. The van der Waals surface area contributed by atoms with Gasteiger partial charge in [0, 0.05) is 6.07 Å². The molecular weight excluding hydrogens is 370 g/mol. The monoisotopic (exact) mass is 394 g/mol. The number of rotatable bonds is 9. The number of pyridine rings is 1. The Balaban J connectivity index is 1.50. The van der Waals surface area contributed by atoms with E-state index < -0.39 is 23.8 Å². The second kappa shape index (κ2) is 7.18. The first-order chi connectivity index (χ1) is 13.3. The lowest BCUT2D eigenvalue weighted by atomic mass is 10.1. The van der Waals surface area contributed by atoms with Crippen molar-refractivity contribution in [1.29, 1.82) is 0 Å². The minimum atomic E-state index is -2.71. The van der Waals surface area contributed by atoms with E-state index >= 15 is 0 Å². The highest BCUT2D eigenvalue weighted by molar-refractivity contribution is 5.98. The summed E-state index contributed by atoms with van der Waals surface area (Å²) in [7, 11) is 0. The van der Waals surface area contributed by atoms with Crippen molar-refractivity contribution in [2.24, 2.45) is 17.6 Å². The fraction of sp³-hybridized carbons (Fsp3) is 0.632. The van der Waals surface area contributed by atoms with Gasteiger partial charge in [0.25, 0.3) is 11.8 Å². The number of carbonyl (C=O) groups excluding carboxylic acids is 2. The van der Waals surface area contributed by atoms with Gasteiger partial charge in [-0.1, -0.05) is 12.8 Å². The summed E-state index contributed by atoms with van der Waals surface area (Å²) in [6.45, 7) is -0.316. The van der Waals surface area contributed by atoms with Crippen LogP contribution in [0, 0.1) is 11.8 Å². The number of aromatic nitrogens is 1. The Bertz CT molecular complexity index is 772. The van der Waals surface area contributed by atoms with Crippen molar-refractivity contribution in [1.82, 2.24) is 10.3 Å². The Labute approximate surface area is 161 Å². The summed E-state index contributed by atoms with van der Waals surface area (Å²) in [5, 5.41) is 2.65. The average molecular weight is 394 g/mol. The van der Waals surface area contributed by atoms with Gasteiger partial charge >= 0.3 is 0 Å². The first-order valence-electron chi connectivity index (χ1n) is 9.66. The maximum absolute atomic E-state index is 13.2. The molecule has 0 bridgehead atoms. The molecule has 3 fully saturated rings. The SMILES string of the molecule is NC(=O)[C@H](CC1CC1)NC(=O)c1ncc(N2CC(F)(F)C2)cc1OCC1CC1. The van der Waals surface area contributed by atoms with Crippen LogP contribution in [0.3, 0.4) is 0 Å². The van der Waals surface area contributed by atoms with Gasteiger partial charge < -0.3 is 20.7 Å². The first-order valence-corrected chi connectivity index (χ1v) is 9.66. The van der Waals surface area contributed by atoms with Crippen LogP contribution in [0.15, 0.2) is 12.3 Å². The number of nitrogens with one attached hydrogen (secondary N) is 1. The molecule has 1 saturated heterocycles. The van der Waals surface area contributed by atoms with E-state index in [1.165, 1.54) is 11.1 Å². The van der Waals surface area contributed by atoms with Gasteiger partial charge in [-0.3, -0.25) is 9.59 Å². The van der Waals surface area contributed by atoms with E-state index in [0.717, 1.165) is 25.7 Å². The van der Waals surface area contributed by atoms with Gasteiger partial charge in [0.1, 0.15) is 6.04 Å². The van der Waals surface area contributed by atoms with E-state index in [-0.39, 0.29) is 24.5 Å². The first kappa shape index (κ1) is 18.9. The topological polar surface area (TPSA) is 97.5 Å². The number of nitrogens with two attached hydrogens (primary N) is 1. The molecule has 28 heavy (non-hydrogen) atoms. The van der Waals surface area contributed by atoms with E-state index in [4.69, 9.17) is 10.5 Å². The molecule has 1 aromatic heterocycles. The van der Waals surface area contributed by atoms with Crippen molar-refractivity contribution >= 4 is 17.5 Å². The molecule has 2 amide bonds. The number of nitrogens with zero attached hydrogens (tertiary/aromatic N) is 2. The summed E-state index contributed by atoms with van der Waals surface area (Å²) in [6, 6.07) is 0.812. The van der Waals surface area contributed by atoms with Crippen LogP contribution in [0.2, 0.25) is 0 Å².